The summed E-state index contributed by atoms with van der Waals surface area (Å²) in [6.07, 6.45) is 8.50. The van der Waals surface area contributed by atoms with Crippen molar-refractivity contribution in [2.45, 2.75) is 58.2 Å². The van der Waals surface area contributed by atoms with Gasteiger partial charge in [0.2, 0.25) is 0 Å². The number of ether oxygens (including phenoxy) is 1. The van der Waals surface area contributed by atoms with Crippen molar-refractivity contribution in [1.29, 1.82) is 0 Å². The summed E-state index contributed by atoms with van der Waals surface area (Å²) in [5.74, 6) is 0.869. The molecule has 33 heavy (non-hydrogen) atoms. The van der Waals surface area contributed by atoms with Crippen LogP contribution in [0.25, 0.3) is 5.69 Å². The maximum absolute atomic E-state index is 5.33. The van der Waals surface area contributed by atoms with Crippen molar-refractivity contribution in [3.63, 3.8) is 0 Å². The number of nitrogens with zero attached hydrogens (tertiary/aromatic N) is 4. The van der Waals surface area contributed by atoms with Crippen molar-refractivity contribution >= 4 is 0 Å². The molecule has 0 saturated carbocycles. The van der Waals surface area contributed by atoms with Crippen LogP contribution in [-0.4, -0.2) is 45.9 Å². The number of hydrogen-bond donors (Lipinski definition) is 1. The van der Waals surface area contributed by atoms with Crippen molar-refractivity contribution in [3.8, 4) is 11.4 Å². The molecule has 1 aliphatic heterocycles. The predicted octanol–water partition coefficient (Wildman–Crippen LogP) is 4.54. The maximum Gasteiger partial charge on any atom is 0.119 e. The van der Waals surface area contributed by atoms with Crippen LogP contribution in [0.4, 0.5) is 0 Å². The number of piperidine rings is 1. The number of aromatic nitrogens is 3. The number of hydrogen-bond acceptors (Lipinski definition) is 5. The summed E-state index contributed by atoms with van der Waals surface area (Å²) < 4.78 is 7.45. The highest BCUT2D eigenvalue weighted by Crippen LogP contribution is 2.42. The van der Waals surface area contributed by atoms with Gasteiger partial charge in [0.1, 0.15) is 5.75 Å². The SMILES string of the molecule is COc1ccc(-n2ncc3c2CC(C)(C)CC3NC2CCN(Cc3ccccn3)CC2)cc1. The minimum atomic E-state index is 0.231. The molecule has 0 amide bonds. The summed E-state index contributed by atoms with van der Waals surface area (Å²) in [6, 6.07) is 15.3. The quantitative estimate of drug-likeness (QED) is 0.604. The average molecular weight is 446 g/mol. The second-order valence-electron chi connectivity index (χ2n) is 10.3. The minimum Gasteiger partial charge on any atom is -0.497 e. The van der Waals surface area contributed by atoms with Gasteiger partial charge in [-0.15, -0.1) is 0 Å². The van der Waals surface area contributed by atoms with Gasteiger partial charge in [0.05, 0.1) is 24.7 Å². The maximum atomic E-state index is 5.33. The van der Waals surface area contributed by atoms with Gasteiger partial charge in [-0.1, -0.05) is 19.9 Å². The van der Waals surface area contributed by atoms with E-state index < -0.39 is 0 Å². The van der Waals surface area contributed by atoms with Gasteiger partial charge in [-0.2, -0.15) is 5.10 Å². The van der Waals surface area contributed by atoms with Crippen molar-refractivity contribution in [1.82, 2.24) is 25.0 Å². The molecule has 0 bridgehead atoms. The molecular formula is C27H35N5O. The summed E-state index contributed by atoms with van der Waals surface area (Å²) in [7, 11) is 1.70. The third-order valence-corrected chi connectivity index (χ3v) is 7.13. The number of likely N-dealkylation sites (tertiary alicyclic amines) is 1. The second-order valence-corrected chi connectivity index (χ2v) is 10.3. The molecule has 0 spiro atoms. The van der Waals surface area contributed by atoms with Crippen LogP contribution in [0.2, 0.25) is 0 Å². The lowest BCUT2D eigenvalue weighted by Crippen LogP contribution is -2.45. The topological polar surface area (TPSA) is 55.2 Å². The Morgan fingerprint density at radius 2 is 1.88 bits per heavy atom. The molecule has 0 radical (unpaired) electrons. The van der Waals surface area contributed by atoms with Gasteiger partial charge in [0.25, 0.3) is 0 Å². The van der Waals surface area contributed by atoms with Crippen LogP contribution < -0.4 is 10.1 Å². The molecule has 1 unspecified atom stereocenters. The van der Waals surface area contributed by atoms with E-state index in [0.29, 0.717) is 12.1 Å². The van der Waals surface area contributed by atoms with Crippen molar-refractivity contribution in [2.75, 3.05) is 20.2 Å². The number of methoxy groups -OCH3 is 1. The van der Waals surface area contributed by atoms with Gasteiger partial charge >= 0.3 is 0 Å². The minimum absolute atomic E-state index is 0.231. The molecule has 6 heteroatoms. The van der Waals surface area contributed by atoms with Crippen LogP contribution >= 0.6 is 0 Å². The Balaban J connectivity index is 1.27. The third kappa shape index (κ3) is 4.97. The number of nitrogens with one attached hydrogen (secondary N) is 1. The Labute approximate surface area is 197 Å². The van der Waals surface area contributed by atoms with Gasteiger partial charge in [-0.25, -0.2) is 4.68 Å². The first-order valence-corrected chi connectivity index (χ1v) is 12.1. The highest BCUT2D eigenvalue weighted by molar-refractivity contribution is 5.41. The van der Waals surface area contributed by atoms with Gasteiger partial charge in [-0.3, -0.25) is 9.88 Å². The van der Waals surface area contributed by atoms with Gasteiger partial charge in [0.15, 0.2) is 0 Å². The normalized spacial score (nSPS) is 21.0. The summed E-state index contributed by atoms with van der Waals surface area (Å²) in [4.78, 5) is 7.02. The number of benzene rings is 1. The lowest BCUT2D eigenvalue weighted by Gasteiger charge is -2.40. The zero-order chi connectivity index (χ0) is 22.8. The van der Waals surface area contributed by atoms with Crippen LogP contribution in [0.1, 0.15) is 56.1 Å². The average Bonchev–Trinajstić information content (AvgIpc) is 3.24. The molecule has 2 aliphatic rings. The standard InChI is InChI=1S/C27H35N5O/c1-27(2)16-25(30-20-11-14-31(15-12-20)19-21-6-4-5-13-28-21)24-18-29-32(26(24)17-27)22-7-9-23(33-3)10-8-22/h4-10,13,18,20,25,30H,11-12,14-17,19H2,1-3H3. The smallest absolute Gasteiger partial charge is 0.119 e. The van der Waals surface area contributed by atoms with E-state index in [2.05, 4.69) is 64.2 Å². The van der Waals surface area contributed by atoms with Crippen molar-refractivity contribution in [3.05, 3.63) is 71.8 Å². The lowest BCUT2D eigenvalue weighted by atomic mass is 9.74. The first-order valence-electron chi connectivity index (χ1n) is 12.1. The Hall–Kier alpha value is -2.70. The van der Waals surface area contributed by atoms with Gasteiger partial charge in [0, 0.05) is 49.2 Å². The summed E-state index contributed by atoms with van der Waals surface area (Å²) in [5.41, 5.74) is 5.18. The molecule has 2 aromatic heterocycles. The summed E-state index contributed by atoms with van der Waals surface area (Å²) >= 11 is 0. The van der Waals surface area contributed by atoms with Crippen LogP contribution in [0.15, 0.2) is 54.9 Å². The van der Waals surface area contributed by atoms with E-state index in [1.54, 1.807) is 7.11 Å². The predicted molar refractivity (Wildman–Crippen MR) is 131 cm³/mol. The highest BCUT2D eigenvalue weighted by Gasteiger charge is 2.36. The molecule has 6 nitrogen and oxygen atoms in total. The molecule has 3 heterocycles. The van der Waals surface area contributed by atoms with Crippen LogP contribution in [0, 0.1) is 5.41 Å². The molecule has 5 rings (SSSR count). The largest absolute Gasteiger partial charge is 0.497 e. The van der Waals surface area contributed by atoms with Crippen LogP contribution in [-0.2, 0) is 13.0 Å². The molecule has 1 saturated heterocycles. The van der Waals surface area contributed by atoms with E-state index in [1.165, 1.54) is 24.1 Å². The van der Waals surface area contributed by atoms with Crippen LogP contribution in [0.5, 0.6) is 5.75 Å². The first kappa shape index (κ1) is 22.1. The van der Waals surface area contributed by atoms with E-state index in [4.69, 9.17) is 9.84 Å². The molecular weight excluding hydrogens is 410 g/mol. The molecule has 3 aromatic rings. The Kier molecular flexibility index (Phi) is 6.21. The molecule has 1 aliphatic carbocycles. The number of rotatable bonds is 6. The molecule has 1 aromatic carbocycles. The van der Waals surface area contributed by atoms with E-state index in [9.17, 15) is 0 Å². The molecule has 1 fully saturated rings. The lowest BCUT2D eigenvalue weighted by molar-refractivity contribution is 0.167. The fraction of sp³-hybridized carbons (Fsp3) is 0.481. The van der Waals surface area contributed by atoms with Crippen molar-refractivity contribution in [2.24, 2.45) is 5.41 Å². The number of fused-ring (bicyclic) bond motifs is 1. The highest BCUT2D eigenvalue weighted by atomic mass is 16.5. The van der Waals surface area contributed by atoms with Crippen molar-refractivity contribution < 1.29 is 4.74 Å². The fourth-order valence-electron chi connectivity index (χ4n) is 5.40. The van der Waals surface area contributed by atoms with Gasteiger partial charge < -0.3 is 10.1 Å². The van der Waals surface area contributed by atoms with Gasteiger partial charge in [-0.05, 0) is 67.5 Å². The first-order chi connectivity index (χ1) is 16.0. The van der Waals surface area contributed by atoms with Crippen LogP contribution in [0.3, 0.4) is 0 Å². The zero-order valence-electron chi connectivity index (χ0n) is 20.0. The third-order valence-electron chi connectivity index (χ3n) is 7.13. The van der Waals surface area contributed by atoms with E-state index >= 15 is 0 Å². The number of pyridine rings is 1. The van der Waals surface area contributed by atoms with E-state index in [-0.39, 0.29) is 5.41 Å². The Morgan fingerprint density at radius 3 is 2.58 bits per heavy atom. The summed E-state index contributed by atoms with van der Waals surface area (Å²) in [5, 5.41) is 8.83. The second kappa shape index (κ2) is 9.27. The molecule has 1 N–H and O–H groups in total. The fourth-order valence-corrected chi connectivity index (χ4v) is 5.40. The molecule has 1 atom stereocenters. The Bertz CT molecular complexity index is 1050. The Morgan fingerprint density at radius 1 is 1.09 bits per heavy atom. The zero-order valence-corrected chi connectivity index (χ0v) is 20.0. The monoisotopic (exact) mass is 445 g/mol. The van der Waals surface area contributed by atoms with E-state index in [0.717, 1.165) is 49.6 Å². The summed E-state index contributed by atoms with van der Waals surface area (Å²) in [6.45, 7) is 7.93. The molecule has 174 valence electrons. The van der Waals surface area contributed by atoms with E-state index in [1.807, 2.05) is 24.4 Å².